The third-order valence-corrected chi connectivity index (χ3v) is 4.20. The van der Waals surface area contributed by atoms with Gasteiger partial charge in [0.2, 0.25) is 0 Å². The molecule has 1 aromatic rings. The van der Waals surface area contributed by atoms with Crippen molar-refractivity contribution in [1.82, 2.24) is 0 Å². The van der Waals surface area contributed by atoms with Crippen LogP contribution in [0.5, 0.6) is 5.75 Å². The fourth-order valence-corrected chi connectivity index (χ4v) is 2.07. The van der Waals surface area contributed by atoms with Gasteiger partial charge in [-0.3, -0.25) is 0 Å². The Kier molecular flexibility index (Phi) is 4.19. The standard InChI is InChI=1S/C17H27NO/c1-12(17(2,3)4)10-16(18)13-6-5-7-15(11-13)19-14-8-9-14/h5-7,11-12,14,16H,8-10,18H2,1-4H3. The molecule has 0 aromatic heterocycles. The van der Waals surface area contributed by atoms with Gasteiger partial charge >= 0.3 is 0 Å². The highest BCUT2D eigenvalue weighted by Gasteiger charge is 2.25. The first kappa shape index (κ1) is 14.4. The second kappa shape index (κ2) is 5.54. The molecule has 2 nitrogen and oxygen atoms in total. The number of ether oxygens (including phenoxy) is 1. The van der Waals surface area contributed by atoms with Gasteiger partial charge in [0.05, 0.1) is 6.10 Å². The van der Waals surface area contributed by atoms with Crippen molar-refractivity contribution in [2.75, 3.05) is 0 Å². The molecule has 0 spiro atoms. The van der Waals surface area contributed by atoms with Crippen LogP contribution < -0.4 is 10.5 Å². The van der Waals surface area contributed by atoms with E-state index >= 15 is 0 Å². The smallest absolute Gasteiger partial charge is 0.120 e. The van der Waals surface area contributed by atoms with E-state index in [1.54, 1.807) is 0 Å². The van der Waals surface area contributed by atoms with Crippen LogP contribution in [0.1, 0.15) is 58.6 Å². The first-order valence-corrected chi connectivity index (χ1v) is 7.38. The summed E-state index contributed by atoms with van der Waals surface area (Å²) in [6, 6.07) is 8.39. The average molecular weight is 261 g/mol. The molecule has 2 unspecified atom stereocenters. The molecule has 2 rings (SSSR count). The quantitative estimate of drug-likeness (QED) is 0.857. The van der Waals surface area contributed by atoms with Gasteiger partial charge in [0.25, 0.3) is 0 Å². The summed E-state index contributed by atoms with van der Waals surface area (Å²) in [6.45, 7) is 9.11. The van der Waals surface area contributed by atoms with Crippen molar-refractivity contribution in [3.8, 4) is 5.75 Å². The second-order valence-electron chi connectivity index (χ2n) is 7.00. The highest BCUT2D eigenvalue weighted by atomic mass is 16.5. The third kappa shape index (κ3) is 4.24. The van der Waals surface area contributed by atoms with E-state index in [0.29, 0.717) is 17.4 Å². The number of hydrogen-bond acceptors (Lipinski definition) is 2. The van der Waals surface area contributed by atoms with Crippen molar-refractivity contribution in [1.29, 1.82) is 0 Å². The molecular weight excluding hydrogens is 234 g/mol. The average Bonchev–Trinajstić information content (AvgIpc) is 3.12. The Hall–Kier alpha value is -1.02. The van der Waals surface area contributed by atoms with Gasteiger partial charge in [0, 0.05) is 6.04 Å². The maximum Gasteiger partial charge on any atom is 0.120 e. The highest BCUT2D eigenvalue weighted by Crippen LogP contribution is 2.33. The normalized spacial score (nSPS) is 19.0. The molecule has 0 radical (unpaired) electrons. The van der Waals surface area contributed by atoms with E-state index in [1.165, 1.54) is 18.4 Å². The van der Waals surface area contributed by atoms with Gasteiger partial charge in [-0.1, -0.05) is 39.8 Å². The minimum absolute atomic E-state index is 0.0944. The Bertz CT molecular complexity index is 418. The lowest BCUT2D eigenvalue weighted by atomic mass is 9.78. The van der Waals surface area contributed by atoms with E-state index in [9.17, 15) is 0 Å². The predicted octanol–water partition coefficient (Wildman–Crippen LogP) is 4.30. The van der Waals surface area contributed by atoms with E-state index in [0.717, 1.165) is 12.2 Å². The lowest BCUT2D eigenvalue weighted by Gasteiger charge is -2.29. The van der Waals surface area contributed by atoms with Crippen molar-refractivity contribution in [3.05, 3.63) is 29.8 Å². The number of nitrogens with two attached hydrogens (primary N) is 1. The van der Waals surface area contributed by atoms with Gasteiger partial charge in [-0.2, -0.15) is 0 Å². The fourth-order valence-electron chi connectivity index (χ4n) is 2.07. The van der Waals surface area contributed by atoms with Gasteiger partial charge in [-0.25, -0.2) is 0 Å². The molecule has 0 bridgehead atoms. The van der Waals surface area contributed by atoms with E-state index < -0.39 is 0 Å². The maximum absolute atomic E-state index is 6.35. The van der Waals surface area contributed by atoms with E-state index in [4.69, 9.17) is 10.5 Å². The van der Waals surface area contributed by atoms with Crippen LogP contribution >= 0.6 is 0 Å². The van der Waals surface area contributed by atoms with Crippen LogP contribution in [-0.4, -0.2) is 6.10 Å². The van der Waals surface area contributed by atoms with Crippen molar-refractivity contribution < 1.29 is 4.74 Å². The van der Waals surface area contributed by atoms with Crippen molar-refractivity contribution in [3.63, 3.8) is 0 Å². The highest BCUT2D eigenvalue weighted by molar-refractivity contribution is 5.31. The van der Waals surface area contributed by atoms with Crippen molar-refractivity contribution >= 4 is 0 Å². The lowest BCUT2D eigenvalue weighted by Crippen LogP contribution is -2.23. The Labute approximate surface area is 117 Å². The molecule has 1 fully saturated rings. The molecular formula is C17H27NO. The van der Waals surface area contributed by atoms with Crippen LogP contribution in [0.25, 0.3) is 0 Å². The molecule has 0 aliphatic heterocycles. The van der Waals surface area contributed by atoms with Gasteiger partial charge < -0.3 is 10.5 Å². The van der Waals surface area contributed by atoms with Gasteiger partial charge in [0.15, 0.2) is 0 Å². The number of rotatable bonds is 5. The molecule has 19 heavy (non-hydrogen) atoms. The number of hydrogen-bond donors (Lipinski definition) is 1. The monoisotopic (exact) mass is 261 g/mol. The third-order valence-electron chi connectivity index (χ3n) is 4.20. The molecule has 0 amide bonds. The molecule has 1 saturated carbocycles. The minimum atomic E-state index is 0.0944. The second-order valence-corrected chi connectivity index (χ2v) is 7.00. The van der Waals surface area contributed by atoms with Gasteiger partial charge in [-0.05, 0) is 48.3 Å². The Balaban J connectivity index is 1.99. The molecule has 2 N–H and O–H groups in total. The van der Waals surface area contributed by atoms with Crippen LogP contribution in [-0.2, 0) is 0 Å². The zero-order chi connectivity index (χ0) is 14.0. The first-order valence-electron chi connectivity index (χ1n) is 7.38. The van der Waals surface area contributed by atoms with Crippen LogP contribution in [0.3, 0.4) is 0 Å². The van der Waals surface area contributed by atoms with E-state index in [-0.39, 0.29) is 6.04 Å². The SMILES string of the molecule is CC(CC(N)c1cccc(OC2CC2)c1)C(C)(C)C. The summed E-state index contributed by atoms with van der Waals surface area (Å²) in [5.41, 5.74) is 7.85. The summed E-state index contributed by atoms with van der Waals surface area (Å²) in [4.78, 5) is 0. The van der Waals surface area contributed by atoms with Crippen LogP contribution in [0.15, 0.2) is 24.3 Å². The lowest BCUT2D eigenvalue weighted by molar-refractivity contribution is 0.233. The first-order chi connectivity index (χ1) is 8.86. The zero-order valence-electron chi connectivity index (χ0n) is 12.6. The molecule has 1 aliphatic rings. The van der Waals surface area contributed by atoms with Crippen molar-refractivity contribution in [2.24, 2.45) is 17.1 Å². The predicted molar refractivity (Wildman–Crippen MR) is 80.3 cm³/mol. The molecule has 1 aliphatic carbocycles. The van der Waals surface area contributed by atoms with Crippen LogP contribution in [0.4, 0.5) is 0 Å². The topological polar surface area (TPSA) is 35.2 Å². The molecule has 1 aromatic carbocycles. The molecule has 0 saturated heterocycles. The summed E-state index contributed by atoms with van der Waals surface area (Å²) in [5.74, 6) is 1.56. The Morgan fingerprint density at radius 3 is 2.58 bits per heavy atom. The maximum atomic E-state index is 6.35. The van der Waals surface area contributed by atoms with Crippen LogP contribution in [0.2, 0.25) is 0 Å². The summed E-state index contributed by atoms with van der Waals surface area (Å²) in [5, 5.41) is 0. The Morgan fingerprint density at radius 2 is 2.00 bits per heavy atom. The van der Waals surface area contributed by atoms with Crippen LogP contribution in [0, 0.1) is 11.3 Å². The fraction of sp³-hybridized carbons (Fsp3) is 0.647. The molecule has 0 heterocycles. The van der Waals surface area contributed by atoms with Gasteiger partial charge in [0.1, 0.15) is 5.75 Å². The van der Waals surface area contributed by atoms with E-state index in [1.807, 2.05) is 6.07 Å². The Morgan fingerprint density at radius 1 is 1.32 bits per heavy atom. The zero-order valence-corrected chi connectivity index (χ0v) is 12.6. The van der Waals surface area contributed by atoms with Crippen molar-refractivity contribution in [2.45, 2.75) is 59.1 Å². The van der Waals surface area contributed by atoms with Gasteiger partial charge in [-0.15, -0.1) is 0 Å². The molecule has 106 valence electrons. The number of benzene rings is 1. The minimum Gasteiger partial charge on any atom is -0.490 e. The molecule has 2 heteroatoms. The molecule has 2 atom stereocenters. The van der Waals surface area contributed by atoms with E-state index in [2.05, 4.69) is 45.9 Å². The largest absolute Gasteiger partial charge is 0.490 e. The summed E-state index contributed by atoms with van der Waals surface area (Å²) < 4.78 is 5.83. The summed E-state index contributed by atoms with van der Waals surface area (Å²) in [7, 11) is 0. The summed E-state index contributed by atoms with van der Waals surface area (Å²) in [6.07, 6.45) is 3.84. The summed E-state index contributed by atoms with van der Waals surface area (Å²) >= 11 is 0.